The van der Waals surface area contributed by atoms with Gasteiger partial charge in [0.1, 0.15) is 11.5 Å². The zero-order valence-electron chi connectivity index (χ0n) is 15.8. The van der Waals surface area contributed by atoms with Crippen LogP contribution in [0.2, 0.25) is 10.0 Å². The predicted octanol–water partition coefficient (Wildman–Crippen LogP) is 5.27. The Morgan fingerprint density at radius 1 is 1.17 bits per heavy atom. The van der Waals surface area contributed by atoms with Crippen molar-refractivity contribution in [2.24, 2.45) is 5.41 Å². The third-order valence-electron chi connectivity index (χ3n) is 6.76. The molecule has 0 atom stereocenters. The third-order valence-corrected chi connectivity index (χ3v) is 7.39. The molecule has 1 saturated heterocycles. The van der Waals surface area contributed by atoms with Crippen LogP contribution in [0.15, 0.2) is 22.7 Å². The lowest BCUT2D eigenvalue weighted by Gasteiger charge is -2.56. The molecule has 154 valence electrons. The van der Waals surface area contributed by atoms with Gasteiger partial charge in [-0.25, -0.2) is 4.79 Å². The fourth-order valence-corrected chi connectivity index (χ4v) is 5.74. The van der Waals surface area contributed by atoms with Gasteiger partial charge >= 0.3 is 6.09 Å². The minimum atomic E-state index is -1.05. The van der Waals surface area contributed by atoms with Gasteiger partial charge in [-0.1, -0.05) is 34.4 Å². The van der Waals surface area contributed by atoms with E-state index < -0.39 is 11.7 Å². The van der Waals surface area contributed by atoms with Gasteiger partial charge in [0.15, 0.2) is 0 Å². The van der Waals surface area contributed by atoms with E-state index in [1.165, 1.54) is 4.90 Å². The number of hydrogen-bond donors (Lipinski definition) is 2. The van der Waals surface area contributed by atoms with Gasteiger partial charge in [-0.15, -0.1) is 0 Å². The first-order valence-corrected chi connectivity index (χ1v) is 10.7. The summed E-state index contributed by atoms with van der Waals surface area (Å²) in [7, 11) is 0. The second-order valence-corrected chi connectivity index (χ2v) is 9.61. The van der Waals surface area contributed by atoms with E-state index in [1.54, 1.807) is 18.2 Å². The molecule has 2 aromatic rings. The molecule has 29 heavy (non-hydrogen) atoms. The van der Waals surface area contributed by atoms with Gasteiger partial charge in [-0.05, 0) is 56.1 Å². The summed E-state index contributed by atoms with van der Waals surface area (Å²) in [5.74, 6) is 1.03. The summed E-state index contributed by atoms with van der Waals surface area (Å²) in [6, 6.07) is 5.29. The first kappa shape index (κ1) is 19.2. The predicted molar refractivity (Wildman–Crippen MR) is 108 cm³/mol. The molecule has 2 heterocycles. The van der Waals surface area contributed by atoms with Crippen LogP contribution in [0.4, 0.5) is 4.79 Å². The quantitative estimate of drug-likeness (QED) is 0.684. The topological polar surface area (TPSA) is 86.8 Å². The monoisotopic (exact) mass is 436 g/mol. The van der Waals surface area contributed by atoms with Gasteiger partial charge in [0.2, 0.25) is 0 Å². The Labute approximate surface area is 178 Å². The Hall–Kier alpha value is -1.76. The van der Waals surface area contributed by atoms with Crippen LogP contribution in [-0.2, 0) is 5.60 Å². The Bertz CT molecular complexity index is 949. The molecule has 3 fully saturated rings. The van der Waals surface area contributed by atoms with E-state index in [4.69, 9.17) is 27.7 Å². The van der Waals surface area contributed by atoms with Crippen molar-refractivity contribution >= 4 is 29.3 Å². The fourth-order valence-electron chi connectivity index (χ4n) is 5.16. The van der Waals surface area contributed by atoms with E-state index in [1.807, 2.05) is 0 Å². The second-order valence-electron chi connectivity index (χ2n) is 8.80. The molecule has 2 saturated carbocycles. The summed E-state index contributed by atoms with van der Waals surface area (Å²) in [5.41, 5.74) is 0.752. The SMILES string of the molecule is O=C(O)N1CCC2(CC1)CC(O)(c1c(-c3c(Cl)cccc3Cl)noc1C1CC1)C2. The number of halogens is 2. The minimum absolute atomic E-state index is 0.0413. The van der Waals surface area contributed by atoms with Crippen molar-refractivity contribution in [3.63, 3.8) is 0 Å². The minimum Gasteiger partial charge on any atom is -0.465 e. The summed E-state index contributed by atoms with van der Waals surface area (Å²) in [6.07, 6.45) is 3.83. The van der Waals surface area contributed by atoms with Gasteiger partial charge in [-0.2, -0.15) is 0 Å². The Morgan fingerprint density at radius 3 is 2.34 bits per heavy atom. The molecule has 0 unspecified atom stereocenters. The van der Waals surface area contributed by atoms with Gasteiger partial charge in [0.05, 0.1) is 21.2 Å². The van der Waals surface area contributed by atoms with E-state index in [0.717, 1.165) is 37.0 Å². The van der Waals surface area contributed by atoms with Crippen LogP contribution in [0.5, 0.6) is 0 Å². The molecule has 6 nitrogen and oxygen atoms in total. The van der Waals surface area contributed by atoms with Crippen LogP contribution in [-0.4, -0.2) is 39.5 Å². The maximum Gasteiger partial charge on any atom is 0.407 e. The summed E-state index contributed by atoms with van der Waals surface area (Å²) < 4.78 is 5.72. The molecule has 1 aromatic carbocycles. The van der Waals surface area contributed by atoms with Crippen molar-refractivity contribution in [3.05, 3.63) is 39.6 Å². The highest BCUT2D eigenvalue weighted by Crippen LogP contribution is 2.62. The number of aliphatic hydroxyl groups is 1. The Morgan fingerprint density at radius 2 is 1.79 bits per heavy atom. The van der Waals surface area contributed by atoms with Crippen LogP contribution < -0.4 is 0 Å². The second kappa shape index (κ2) is 6.62. The molecule has 3 aliphatic rings. The van der Waals surface area contributed by atoms with Crippen LogP contribution >= 0.6 is 23.2 Å². The molecule has 5 rings (SSSR count). The zero-order valence-corrected chi connectivity index (χ0v) is 17.3. The van der Waals surface area contributed by atoms with Crippen LogP contribution in [0.25, 0.3) is 11.3 Å². The van der Waals surface area contributed by atoms with Crippen LogP contribution in [0.3, 0.4) is 0 Å². The molecular weight excluding hydrogens is 415 g/mol. The van der Waals surface area contributed by atoms with E-state index in [9.17, 15) is 15.0 Å². The number of nitrogens with zero attached hydrogens (tertiary/aromatic N) is 2. The lowest BCUT2D eigenvalue weighted by molar-refractivity contribution is -0.153. The molecule has 1 amide bonds. The maximum absolute atomic E-state index is 11.6. The van der Waals surface area contributed by atoms with E-state index >= 15 is 0 Å². The van der Waals surface area contributed by atoms with E-state index in [0.29, 0.717) is 47.2 Å². The van der Waals surface area contributed by atoms with E-state index in [-0.39, 0.29) is 11.3 Å². The smallest absolute Gasteiger partial charge is 0.407 e. The zero-order chi connectivity index (χ0) is 20.4. The van der Waals surface area contributed by atoms with Gasteiger partial charge < -0.3 is 19.6 Å². The first-order valence-electron chi connectivity index (χ1n) is 9.97. The average Bonchev–Trinajstić information content (AvgIpc) is 3.40. The largest absolute Gasteiger partial charge is 0.465 e. The highest BCUT2D eigenvalue weighted by atomic mass is 35.5. The van der Waals surface area contributed by atoms with Gasteiger partial charge in [0.25, 0.3) is 0 Å². The number of amides is 1. The number of hydrogen-bond acceptors (Lipinski definition) is 4. The number of carbonyl (C=O) groups is 1. The van der Waals surface area contributed by atoms with Gasteiger partial charge in [0, 0.05) is 24.6 Å². The van der Waals surface area contributed by atoms with Crippen LogP contribution in [0, 0.1) is 5.41 Å². The summed E-state index contributed by atoms with van der Waals surface area (Å²) in [5, 5.41) is 26.1. The first-order chi connectivity index (χ1) is 13.8. The lowest BCUT2D eigenvalue weighted by atomic mass is 9.53. The normalized spacial score (nSPS) is 22.5. The molecule has 0 radical (unpaired) electrons. The number of benzene rings is 1. The average molecular weight is 437 g/mol. The molecule has 1 aromatic heterocycles. The van der Waals surface area contributed by atoms with E-state index in [2.05, 4.69) is 5.16 Å². The molecule has 2 aliphatic carbocycles. The molecule has 2 N–H and O–H groups in total. The van der Waals surface area contributed by atoms with Gasteiger partial charge in [-0.3, -0.25) is 0 Å². The highest BCUT2D eigenvalue weighted by molar-refractivity contribution is 6.39. The standard InChI is InChI=1S/C21H22Cl2N2O4/c22-13-2-1-3-14(23)15(13)17-16(18(29-24-17)12-4-5-12)21(28)10-20(11-21)6-8-25(9-7-20)19(26)27/h1-3,12,28H,4-11H2,(H,26,27). The fraction of sp³-hybridized carbons (Fsp3) is 0.524. The van der Waals surface area contributed by atoms with Crippen molar-refractivity contribution < 1.29 is 19.5 Å². The third kappa shape index (κ3) is 3.13. The van der Waals surface area contributed by atoms with Crippen molar-refractivity contribution in [1.82, 2.24) is 10.1 Å². The van der Waals surface area contributed by atoms with Crippen molar-refractivity contribution in [2.75, 3.05) is 13.1 Å². The summed E-state index contributed by atoms with van der Waals surface area (Å²) >= 11 is 12.9. The lowest BCUT2D eigenvalue weighted by Crippen LogP contribution is -2.55. The number of likely N-dealkylation sites (tertiary alicyclic amines) is 1. The van der Waals surface area contributed by atoms with Crippen molar-refractivity contribution in [1.29, 1.82) is 0 Å². The Kier molecular flexibility index (Phi) is 4.39. The Balaban J connectivity index is 1.49. The van der Waals surface area contributed by atoms with Crippen molar-refractivity contribution in [2.45, 2.75) is 50.0 Å². The molecule has 1 aliphatic heterocycles. The maximum atomic E-state index is 11.6. The number of rotatable bonds is 3. The highest BCUT2D eigenvalue weighted by Gasteiger charge is 2.58. The summed E-state index contributed by atoms with van der Waals surface area (Å²) in [4.78, 5) is 12.7. The molecular formula is C21H22Cl2N2O4. The van der Waals surface area contributed by atoms with Crippen molar-refractivity contribution in [3.8, 4) is 11.3 Å². The molecule has 8 heteroatoms. The number of carboxylic acid groups (broad SMARTS) is 1. The number of aromatic nitrogens is 1. The number of piperidine rings is 1. The van der Waals surface area contributed by atoms with Crippen LogP contribution in [0.1, 0.15) is 55.8 Å². The molecule has 1 spiro atoms. The summed E-state index contributed by atoms with van der Waals surface area (Å²) in [6.45, 7) is 1.02. The molecule has 0 bridgehead atoms.